The number of nitrogens with zero attached hydrogens (tertiary/aromatic N) is 5. The first kappa shape index (κ1) is 19.3. The zero-order valence-corrected chi connectivity index (χ0v) is 15.2. The summed E-state index contributed by atoms with van der Waals surface area (Å²) < 4.78 is 0. The van der Waals surface area contributed by atoms with Gasteiger partial charge in [0.15, 0.2) is 0 Å². The van der Waals surface area contributed by atoms with E-state index in [-0.39, 0.29) is 6.17 Å². The van der Waals surface area contributed by atoms with Crippen LogP contribution in [0.1, 0.15) is 41.5 Å². The van der Waals surface area contributed by atoms with Gasteiger partial charge in [-0.2, -0.15) is 0 Å². The molecule has 0 amide bonds. The standard InChI is InChI=1S/C16H26N8/c1-9-17-10(2)19-12(4)21-14(6)23-16(8)24-15(7)22-13(5)20-11(3)18-9/h11,17-18H,1-2H2,3-8H3,(H,19,20,21,22,23,24). The number of hydrogen-bond donors (Lipinski definition) is 3. The van der Waals surface area contributed by atoms with Gasteiger partial charge in [0.2, 0.25) is 0 Å². The van der Waals surface area contributed by atoms with Crippen molar-refractivity contribution in [3.63, 3.8) is 0 Å². The van der Waals surface area contributed by atoms with E-state index in [0.717, 1.165) is 0 Å². The van der Waals surface area contributed by atoms with Gasteiger partial charge in [-0.25, -0.2) is 25.0 Å². The van der Waals surface area contributed by atoms with Crippen LogP contribution in [0.5, 0.6) is 0 Å². The molecule has 0 aromatic rings. The molecule has 0 fully saturated rings. The Hall–Kier alpha value is -2.77. The van der Waals surface area contributed by atoms with E-state index in [9.17, 15) is 0 Å². The molecule has 130 valence electrons. The third kappa shape index (κ3) is 7.48. The Morgan fingerprint density at radius 3 is 1.96 bits per heavy atom. The van der Waals surface area contributed by atoms with Crippen molar-refractivity contribution in [2.75, 3.05) is 0 Å². The van der Waals surface area contributed by atoms with Gasteiger partial charge in [-0.15, -0.1) is 0 Å². The first-order chi connectivity index (χ1) is 11.2. The van der Waals surface area contributed by atoms with Gasteiger partial charge in [-0.1, -0.05) is 13.2 Å². The molecule has 0 spiro atoms. The Bertz CT molecular complexity index is 664. The lowest BCUT2D eigenvalue weighted by atomic mass is 10.5. The smallest absolute Gasteiger partial charge is 0.129 e. The normalized spacial score (nSPS) is 25.6. The number of nitrogens with one attached hydrogen (secondary N) is 3. The molecular formula is C16H26N8. The molecule has 1 aliphatic heterocycles. The minimum Gasteiger partial charge on any atom is -0.351 e. The van der Waals surface area contributed by atoms with Crippen LogP contribution in [0.25, 0.3) is 0 Å². The average Bonchev–Trinajstić information content (AvgIpc) is 2.34. The van der Waals surface area contributed by atoms with Crippen molar-refractivity contribution in [1.82, 2.24) is 16.0 Å². The second-order valence-electron chi connectivity index (χ2n) is 5.38. The second-order valence-corrected chi connectivity index (χ2v) is 5.38. The summed E-state index contributed by atoms with van der Waals surface area (Å²) in [4.78, 5) is 21.8. The van der Waals surface area contributed by atoms with Crippen LogP contribution < -0.4 is 16.0 Å². The van der Waals surface area contributed by atoms with Crippen molar-refractivity contribution in [2.24, 2.45) is 25.0 Å². The summed E-state index contributed by atoms with van der Waals surface area (Å²) in [6.07, 6.45) is -0.212. The fourth-order valence-electron chi connectivity index (χ4n) is 2.11. The fraction of sp³-hybridized carbons (Fsp3) is 0.438. The zero-order chi connectivity index (χ0) is 18.3. The molecule has 8 heteroatoms. The Morgan fingerprint density at radius 1 is 0.750 bits per heavy atom. The number of rotatable bonds is 0. The van der Waals surface area contributed by atoms with Gasteiger partial charge in [0, 0.05) is 0 Å². The van der Waals surface area contributed by atoms with Crippen molar-refractivity contribution in [2.45, 2.75) is 47.7 Å². The number of hydrogen-bond acceptors (Lipinski definition) is 8. The zero-order valence-electron chi connectivity index (χ0n) is 15.2. The molecule has 1 atom stereocenters. The first-order valence-electron chi connectivity index (χ1n) is 7.59. The minimum absolute atomic E-state index is 0.212. The summed E-state index contributed by atoms with van der Waals surface area (Å²) in [5.41, 5.74) is 0. The van der Waals surface area contributed by atoms with Gasteiger partial charge in [0.1, 0.15) is 41.2 Å². The highest BCUT2D eigenvalue weighted by molar-refractivity contribution is 6.07. The summed E-state index contributed by atoms with van der Waals surface area (Å²) in [7, 11) is 0. The van der Waals surface area contributed by atoms with Gasteiger partial charge >= 0.3 is 0 Å². The SMILES string of the molecule is C=C1/N=C(/C)NC(C)=NC(C)=NC(C)=N/C(C)=N/C(C)NC(=C)N1. The van der Waals surface area contributed by atoms with E-state index in [0.29, 0.717) is 40.8 Å². The lowest BCUT2D eigenvalue weighted by Gasteiger charge is -2.16. The van der Waals surface area contributed by atoms with Crippen LogP contribution in [-0.2, 0) is 0 Å². The predicted octanol–water partition coefficient (Wildman–Crippen LogP) is 2.15. The van der Waals surface area contributed by atoms with E-state index >= 15 is 0 Å². The summed E-state index contributed by atoms with van der Waals surface area (Å²) in [6, 6.07) is 0. The van der Waals surface area contributed by atoms with Crippen molar-refractivity contribution in [1.29, 1.82) is 0 Å². The van der Waals surface area contributed by atoms with Crippen LogP contribution in [0.2, 0.25) is 0 Å². The van der Waals surface area contributed by atoms with Crippen LogP contribution in [0.4, 0.5) is 0 Å². The van der Waals surface area contributed by atoms with Gasteiger partial charge in [0.05, 0.1) is 5.82 Å². The molecule has 0 radical (unpaired) electrons. The highest BCUT2D eigenvalue weighted by atomic mass is 15.2. The molecule has 1 rings (SSSR count). The van der Waals surface area contributed by atoms with E-state index in [1.54, 1.807) is 13.8 Å². The van der Waals surface area contributed by atoms with Crippen LogP contribution in [0.3, 0.4) is 0 Å². The van der Waals surface area contributed by atoms with Gasteiger partial charge in [0.25, 0.3) is 0 Å². The van der Waals surface area contributed by atoms with E-state index in [2.05, 4.69) is 54.1 Å². The molecule has 0 aliphatic carbocycles. The Balaban J connectivity index is 3.20. The summed E-state index contributed by atoms with van der Waals surface area (Å²) in [5, 5.41) is 9.15. The van der Waals surface area contributed by atoms with Crippen molar-refractivity contribution in [3.05, 3.63) is 24.8 Å². The van der Waals surface area contributed by atoms with Gasteiger partial charge in [-0.05, 0) is 41.5 Å². The molecule has 1 heterocycles. The minimum atomic E-state index is -0.212. The third-order valence-electron chi connectivity index (χ3n) is 2.70. The van der Waals surface area contributed by atoms with Crippen molar-refractivity contribution < 1.29 is 0 Å². The quantitative estimate of drug-likeness (QED) is 0.634. The van der Waals surface area contributed by atoms with E-state index < -0.39 is 0 Å². The fourth-order valence-corrected chi connectivity index (χ4v) is 2.11. The van der Waals surface area contributed by atoms with Crippen molar-refractivity contribution in [3.8, 4) is 0 Å². The maximum absolute atomic E-state index is 4.42. The van der Waals surface area contributed by atoms with Crippen LogP contribution in [0, 0.1) is 0 Å². The highest BCUT2D eigenvalue weighted by Crippen LogP contribution is 1.97. The lowest BCUT2D eigenvalue weighted by molar-refractivity contribution is 0.613. The Morgan fingerprint density at radius 2 is 1.29 bits per heavy atom. The molecule has 1 unspecified atom stereocenters. The van der Waals surface area contributed by atoms with E-state index in [4.69, 9.17) is 0 Å². The molecule has 0 bridgehead atoms. The average molecular weight is 330 g/mol. The Kier molecular flexibility index (Phi) is 7.03. The summed E-state index contributed by atoms with van der Waals surface area (Å²) >= 11 is 0. The maximum atomic E-state index is 4.42. The predicted molar refractivity (Wildman–Crippen MR) is 103 cm³/mol. The molecule has 0 saturated heterocycles. The molecule has 0 saturated carbocycles. The molecule has 8 nitrogen and oxygen atoms in total. The van der Waals surface area contributed by atoms with Gasteiger partial charge in [-0.3, -0.25) is 0 Å². The van der Waals surface area contributed by atoms with Crippen LogP contribution >= 0.6 is 0 Å². The largest absolute Gasteiger partial charge is 0.351 e. The van der Waals surface area contributed by atoms with Gasteiger partial charge < -0.3 is 16.0 Å². The first-order valence-corrected chi connectivity index (χ1v) is 7.59. The topological polar surface area (TPSA) is 97.9 Å². The van der Waals surface area contributed by atoms with Crippen molar-refractivity contribution >= 4 is 29.2 Å². The Labute approximate surface area is 143 Å². The van der Waals surface area contributed by atoms with Crippen LogP contribution in [0.15, 0.2) is 49.8 Å². The van der Waals surface area contributed by atoms with E-state index in [1.807, 2.05) is 27.7 Å². The number of aliphatic imine (C=N–C) groups is 5. The molecule has 24 heavy (non-hydrogen) atoms. The lowest BCUT2D eigenvalue weighted by Crippen LogP contribution is -2.32. The third-order valence-corrected chi connectivity index (χ3v) is 2.70. The molecular weight excluding hydrogens is 304 g/mol. The maximum Gasteiger partial charge on any atom is 0.129 e. The molecule has 1 aliphatic rings. The second kappa shape index (κ2) is 8.76. The number of amidine groups is 5. The monoisotopic (exact) mass is 330 g/mol. The summed E-state index contributed by atoms with van der Waals surface area (Å²) in [5.74, 6) is 4.09. The molecule has 0 aromatic heterocycles. The molecule has 3 N–H and O–H groups in total. The molecule has 0 aromatic carbocycles. The van der Waals surface area contributed by atoms with E-state index in [1.165, 1.54) is 0 Å². The highest BCUT2D eigenvalue weighted by Gasteiger charge is 2.04. The summed E-state index contributed by atoms with van der Waals surface area (Å²) in [6.45, 7) is 18.7. The van der Waals surface area contributed by atoms with Crippen LogP contribution in [-0.4, -0.2) is 35.3 Å².